The summed E-state index contributed by atoms with van der Waals surface area (Å²) in [7, 11) is -3.35. The van der Waals surface area contributed by atoms with E-state index < -0.39 is 7.44 Å². The summed E-state index contributed by atoms with van der Waals surface area (Å²) >= 11 is 0. The van der Waals surface area contributed by atoms with Crippen LogP contribution in [0.2, 0.25) is 0 Å². The number of phenols is 1. The maximum atomic E-state index is 15.4. The molecule has 1 heterocycles. The number of hydrogen-bond acceptors (Lipinski definition) is 2. The van der Waals surface area contributed by atoms with Crippen molar-refractivity contribution in [2.75, 3.05) is 13.1 Å². The Kier molecular flexibility index (Phi) is 5.84. The Morgan fingerprint density at radius 3 is 1.73 bits per heavy atom. The molecule has 4 nitrogen and oxygen atoms in total. The second-order valence-corrected chi connectivity index (χ2v) is 11.3. The van der Waals surface area contributed by atoms with Crippen LogP contribution in [-0.2, 0) is 4.57 Å². The Labute approximate surface area is 195 Å². The van der Waals surface area contributed by atoms with Gasteiger partial charge in [-0.3, -0.25) is 4.57 Å². The van der Waals surface area contributed by atoms with Gasteiger partial charge in [0.2, 0.25) is 0 Å². The smallest absolute Gasteiger partial charge is 0.251 e. The zero-order valence-corrected chi connectivity index (χ0v) is 19.9. The minimum absolute atomic E-state index is 0.0663. The molecule has 4 aromatic rings. The number of benzene rings is 4. The Bertz CT molecular complexity index is 1250. The van der Waals surface area contributed by atoms with Crippen LogP contribution >= 0.6 is 7.44 Å². The van der Waals surface area contributed by atoms with Gasteiger partial charge in [-0.2, -0.15) is 0 Å². The predicted octanol–water partition coefficient (Wildman–Crippen LogP) is 6.50. The lowest BCUT2D eigenvalue weighted by Crippen LogP contribution is -2.31. The van der Waals surface area contributed by atoms with E-state index in [1.807, 2.05) is 66.7 Å². The van der Waals surface area contributed by atoms with Crippen LogP contribution in [0.25, 0.3) is 10.8 Å². The van der Waals surface area contributed by atoms with Crippen LogP contribution in [-0.4, -0.2) is 27.5 Å². The lowest BCUT2D eigenvalue weighted by atomic mass is 10.1. The van der Waals surface area contributed by atoms with Crippen molar-refractivity contribution in [2.24, 2.45) is 0 Å². The van der Waals surface area contributed by atoms with Gasteiger partial charge in [0.05, 0.1) is 5.30 Å². The van der Waals surface area contributed by atoms with Crippen LogP contribution in [0.1, 0.15) is 37.1 Å². The molecule has 0 spiro atoms. The first-order valence-corrected chi connectivity index (χ1v) is 13.1. The molecule has 0 radical (unpaired) electrons. The van der Waals surface area contributed by atoms with Crippen molar-refractivity contribution < 1.29 is 9.67 Å². The van der Waals surface area contributed by atoms with Gasteiger partial charge in [0.15, 0.2) is 0 Å². The third-order valence-electron chi connectivity index (χ3n) is 6.88. The monoisotopic (exact) mass is 456 g/mol. The fourth-order valence-corrected chi connectivity index (χ4v) is 8.72. The molecule has 168 valence electrons. The van der Waals surface area contributed by atoms with E-state index >= 15 is 4.57 Å². The average Bonchev–Trinajstić information content (AvgIpc) is 3.21. The number of rotatable bonds is 5. The summed E-state index contributed by atoms with van der Waals surface area (Å²) in [6, 6.07) is 31.8. The molecule has 0 aliphatic carbocycles. The number of nitrogens with zero attached hydrogens (tertiary/aromatic N) is 2. The van der Waals surface area contributed by atoms with Gasteiger partial charge < -0.3 is 5.11 Å². The highest BCUT2D eigenvalue weighted by Gasteiger charge is 2.50. The SMILES string of the molecule is C[C@@H](c1ccccc1)N1CCN([C@@H](C)c2ccccc2)P1(=O)c1c(O)ccc2ccccc12. The molecule has 0 saturated carbocycles. The molecule has 5 heteroatoms. The molecule has 1 aliphatic rings. The van der Waals surface area contributed by atoms with E-state index in [4.69, 9.17) is 0 Å². The highest BCUT2D eigenvalue weighted by molar-refractivity contribution is 7.68. The van der Waals surface area contributed by atoms with E-state index in [9.17, 15) is 5.11 Å². The fourth-order valence-electron chi connectivity index (χ4n) is 5.09. The zero-order chi connectivity index (χ0) is 23.0. The Balaban J connectivity index is 1.72. The summed E-state index contributed by atoms with van der Waals surface area (Å²) in [6.07, 6.45) is 0. The lowest BCUT2D eigenvalue weighted by Gasteiger charge is -2.37. The summed E-state index contributed by atoms with van der Waals surface area (Å²) in [5.41, 5.74) is 2.23. The third kappa shape index (κ3) is 3.69. The lowest BCUT2D eigenvalue weighted by molar-refractivity contribution is 0.375. The van der Waals surface area contributed by atoms with Crippen LogP contribution in [0.15, 0.2) is 97.1 Å². The quantitative estimate of drug-likeness (QED) is 0.348. The molecule has 1 fully saturated rings. The summed E-state index contributed by atoms with van der Waals surface area (Å²) in [6.45, 7) is 5.54. The molecule has 33 heavy (non-hydrogen) atoms. The van der Waals surface area contributed by atoms with Crippen molar-refractivity contribution in [3.8, 4) is 5.75 Å². The average molecular weight is 457 g/mol. The minimum atomic E-state index is -3.35. The number of aromatic hydroxyl groups is 1. The molecule has 1 aliphatic heterocycles. The third-order valence-corrected chi connectivity index (χ3v) is 10.4. The fraction of sp³-hybridized carbons (Fsp3) is 0.214. The molecule has 1 N–H and O–H groups in total. The summed E-state index contributed by atoms with van der Waals surface area (Å²) in [4.78, 5) is 0. The first kappa shape index (κ1) is 21.9. The van der Waals surface area contributed by atoms with Gasteiger partial charge in [-0.05, 0) is 41.8 Å². The van der Waals surface area contributed by atoms with Crippen molar-refractivity contribution in [1.82, 2.24) is 9.34 Å². The standard InChI is InChI=1S/C28H29N2O2P/c1-21(23-11-5-3-6-12-23)29-19-20-30(22(2)24-13-7-4-8-14-24)33(29,32)28-26-16-10-9-15-25(26)17-18-27(28)31/h3-18,21-22,31H,19-20H2,1-2H3/t21-,22-/m0/s1. The summed E-state index contributed by atoms with van der Waals surface area (Å²) < 4.78 is 19.7. The second-order valence-electron chi connectivity index (χ2n) is 8.70. The molecule has 0 unspecified atom stereocenters. The Morgan fingerprint density at radius 1 is 0.697 bits per heavy atom. The number of fused-ring (bicyclic) bond motifs is 1. The van der Waals surface area contributed by atoms with E-state index in [0.717, 1.165) is 21.9 Å². The molecule has 2 atom stereocenters. The molecular weight excluding hydrogens is 427 g/mol. The molecule has 0 amide bonds. The van der Waals surface area contributed by atoms with Crippen molar-refractivity contribution in [1.29, 1.82) is 0 Å². The van der Waals surface area contributed by atoms with Crippen LogP contribution in [0.5, 0.6) is 5.75 Å². The van der Waals surface area contributed by atoms with E-state index in [1.54, 1.807) is 6.07 Å². The maximum absolute atomic E-state index is 15.4. The van der Waals surface area contributed by atoms with Gasteiger partial charge in [-0.15, -0.1) is 0 Å². The van der Waals surface area contributed by atoms with Gasteiger partial charge in [0.25, 0.3) is 7.44 Å². The topological polar surface area (TPSA) is 43.8 Å². The molecule has 1 saturated heterocycles. The van der Waals surface area contributed by atoms with Crippen molar-refractivity contribution >= 4 is 23.5 Å². The van der Waals surface area contributed by atoms with E-state index in [2.05, 4.69) is 47.5 Å². The normalized spacial score (nSPS) is 18.4. The van der Waals surface area contributed by atoms with Crippen molar-refractivity contribution in [2.45, 2.75) is 25.9 Å². The number of hydrogen-bond donors (Lipinski definition) is 1. The zero-order valence-electron chi connectivity index (χ0n) is 19.0. The van der Waals surface area contributed by atoms with Gasteiger partial charge in [-0.25, -0.2) is 9.34 Å². The summed E-state index contributed by atoms with van der Waals surface area (Å²) in [5, 5.41) is 13.5. The molecule has 0 bridgehead atoms. The van der Waals surface area contributed by atoms with E-state index in [-0.39, 0.29) is 17.8 Å². The maximum Gasteiger partial charge on any atom is 0.251 e. The van der Waals surface area contributed by atoms with E-state index in [0.29, 0.717) is 18.4 Å². The molecule has 4 aromatic carbocycles. The predicted molar refractivity (Wildman–Crippen MR) is 136 cm³/mol. The highest BCUT2D eigenvalue weighted by Crippen LogP contribution is 2.64. The minimum Gasteiger partial charge on any atom is -0.507 e. The Hall–Kier alpha value is -2.91. The van der Waals surface area contributed by atoms with Crippen LogP contribution < -0.4 is 5.30 Å². The van der Waals surface area contributed by atoms with Crippen LogP contribution in [0, 0.1) is 0 Å². The Morgan fingerprint density at radius 2 is 1.18 bits per heavy atom. The summed E-state index contributed by atoms with van der Waals surface area (Å²) in [5.74, 6) is 0.0921. The van der Waals surface area contributed by atoms with Crippen molar-refractivity contribution in [3.05, 3.63) is 108 Å². The van der Waals surface area contributed by atoms with Gasteiger partial charge in [-0.1, -0.05) is 91.0 Å². The molecule has 5 rings (SSSR count). The first-order valence-electron chi connectivity index (χ1n) is 11.5. The first-order chi connectivity index (χ1) is 16.0. The van der Waals surface area contributed by atoms with Gasteiger partial charge in [0.1, 0.15) is 5.75 Å². The van der Waals surface area contributed by atoms with Crippen LogP contribution in [0.4, 0.5) is 0 Å². The molecular formula is C28H29N2O2P. The largest absolute Gasteiger partial charge is 0.507 e. The number of phenolic OH excluding ortho intramolecular Hbond substituents is 1. The van der Waals surface area contributed by atoms with Gasteiger partial charge in [0, 0.05) is 25.2 Å². The second kappa shape index (κ2) is 8.79. The highest BCUT2D eigenvalue weighted by atomic mass is 31.2. The van der Waals surface area contributed by atoms with E-state index in [1.165, 1.54) is 0 Å². The van der Waals surface area contributed by atoms with Crippen molar-refractivity contribution in [3.63, 3.8) is 0 Å². The van der Waals surface area contributed by atoms with Crippen LogP contribution in [0.3, 0.4) is 0 Å². The molecule has 0 aromatic heterocycles. The van der Waals surface area contributed by atoms with Gasteiger partial charge >= 0.3 is 0 Å².